The second-order valence-electron chi connectivity index (χ2n) is 4.39. The molecule has 1 aromatic carbocycles. The number of hydrogen-bond donors (Lipinski definition) is 1. The maximum Gasteiger partial charge on any atom is 0.416 e. The summed E-state index contributed by atoms with van der Waals surface area (Å²) < 4.78 is 38.3. The van der Waals surface area contributed by atoms with Crippen LogP contribution in [-0.2, 0) is 11.0 Å². The van der Waals surface area contributed by atoms with Crippen LogP contribution in [0.3, 0.4) is 0 Å². The van der Waals surface area contributed by atoms with Gasteiger partial charge in [0.2, 0.25) is 0 Å². The Kier molecular flexibility index (Phi) is 3.40. The predicted molar refractivity (Wildman–Crippen MR) is 62.2 cm³/mol. The fourth-order valence-electron chi connectivity index (χ4n) is 1.98. The van der Waals surface area contributed by atoms with E-state index in [1.807, 2.05) is 0 Å². The van der Waals surface area contributed by atoms with Gasteiger partial charge in [-0.15, -0.1) is 0 Å². The number of carbonyl (C=O) groups is 1. The molecule has 0 amide bonds. The average molecular weight is 323 g/mol. The van der Waals surface area contributed by atoms with E-state index in [1.54, 1.807) is 0 Å². The number of carboxylic acids is 1. The molecule has 1 aliphatic carbocycles. The van der Waals surface area contributed by atoms with E-state index in [-0.39, 0.29) is 11.5 Å². The van der Waals surface area contributed by atoms with Gasteiger partial charge in [-0.25, -0.2) is 0 Å². The van der Waals surface area contributed by atoms with Crippen molar-refractivity contribution in [3.05, 3.63) is 33.8 Å². The van der Waals surface area contributed by atoms with Crippen LogP contribution in [0.2, 0.25) is 0 Å². The number of aliphatic carboxylic acids is 1. The number of hydrogen-bond acceptors (Lipinski definition) is 1. The smallest absolute Gasteiger partial charge is 0.416 e. The first-order chi connectivity index (χ1) is 8.30. The maximum absolute atomic E-state index is 12.6. The summed E-state index contributed by atoms with van der Waals surface area (Å²) in [5.41, 5.74) is -0.604. The van der Waals surface area contributed by atoms with Crippen LogP contribution in [0.25, 0.3) is 0 Å². The summed E-state index contributed by atoms with van der Waals surface area (Å²) in [6.07, 6.45) is -2.96. The Morgan fingerprint density at radius 1 is 1.39 bits per heavy atom. The molecule has 0 radical (unpaired) electrons. The van der Waals surface area contributed by atoms with Crippen LogP contribution in [0.1, 0.15) is 29.9 Å². The van der Waals surface area contributed by atoms with Crippen molar-refractivity contribution in [3.63, 3.8) is 0 Å². The van der Waals surface area contributed by atoms with Gasteiger partial charge >= 0.3 is 12.1 Å². The third kappa shape index (κ3) is 2.68. The molecule has 0 saturated heterocycles. The molecule has 1 saturated carbocycles. The van der Waals surface area contributed by atoms with Crippen molar-refractivity contribution in [3.8, 4) is 0 Å². The van der Waals surface area contributed by atoms with E-state index < -0.39 is 23.6 Å². The molecule has 0 heterocycles. The van der Waals surface area contributed by atoms with Crippen LogP contribution in [0.5, 0.6) is 0 Å². The van der Waals surface area contributed by atoms with Crippen molar-refractivity contribution >= 4 is 21.9 Å². The zero-order valence-electron chi connectivity index (χ0n) is 9.17. The monoisotopic (exact) mass is 322 g/mol. The molecule has 1 aliphatic rings. The van der Waals surface area contributed by atoms with E-state index in [2.05, 4.69) is 15.9 Å². The highest BCUT2D eigenvalue weighted by atomic mass is 79.9. The van der Waals surface area contributed by atoms with Crippen LogP contribution in [0.4, 0.5) is 13.2 Å². The Morgan fingerprint density at radius 2 is 2.00 bits per heavy atom. The molecule has 6 heteroatoms. The molecular weight excluding hydrogens is 313 g/mol. The van der Waals surface area contributed by atoms with Crippen molar-refractivity contribution < 1.29 is 23.1 Å². The zero-order chi connectivity index (χ0) is 13.5. The molecule has 1 atom stereocenters. The number of benzene rings is 1. The van der Waals surface area contributed by atoms with Crippen molar-refractivity contribution in [2.75, 3.05) is 0 Å². The molecule has 0 aliphatic heterocycles. The first-order valence-electron chi connectivity index (χ1n) is 5.40. The Balaban J connectivity index is 2.45. The van der Waals surface area contributed by atoms with Crippen LogP contribution in [-0.4, -0.2) is 11.1 Å². The van der Waals surface area contributed by atoms with Gasteiger partial charge in [0, 0.05) is 4.47 Å². The van der Waals surface area contributed by atoms with Crippen molar-refractivity contribution in [1.29, 1.82) is 0 Å². The van der Waals surface area contributed by atoms with Gasteiger partial charge in [-0.2, -0.15) is 13.2 Å². The molecule has 1 fully saturated rings. The van der Waals surface area contributed by atoms with Crippen molar-refractivity contribution in [2.24, 2.45) is 5.92 Å². The molecule has 2 rings (SSSR count). The van der Waals surface area contributed by atoms with Crippen LogP contribution in [0, 0.1) is 5.92 Å². The van der Waals surface area contributed by atoms with Gasteiger partial charge in [0.25, 0.3) is 0 Å². The third-order valence-electron chi connectivity index (χ3n) is 3.02. The number of halogens is 4. The van der Waals surface area contributed by atoms with E-state index in [1.165, 1.54) is 6.07 Å². The van der Waals surface area contributed by atoms with Gasteiger partial charge in [-0.3, -0.25) is 4.79 Å². The Hall–Kier alpha value is -1.04. The van der Waals surface area contributed by atoms with E-state index in [0.717, 1.165) is 25.0 Å². The summed E-state index contributed by atoms with van der Waals surface area (Å²) in [7, 11) is 0. The van der Waals surface area contributed by atoms with Crippen molar-refractivity contribution in [2.45, 2.75) is 24.9 Å². The Morgan fingerprint density at radius 3 is 2.44 bits per heavy atom. The summed E-state index contributed by atoms with van der Waals surface area (Å²) in [5.74, 6) is -1.98. The molecule has 2 nitrogen and oxygen atoms in total. The zero-order valence-corrected chi connectivity index (χ0v) is 10.8. The minimum Gasteiger partial charge on any atom is -0.481 e. The molecular formula is C12H10BrF3O2. The van der Waals surface area contributed by atoms with E-state index >= 15 is 0 Å². The molecule has 18 heavy (non-hydrogen) atoms. The summed E-state index contributed by atoms with van der Waals surface area (Å²) in [6, 6.07) is 3.14. The highest BCUT2D eigenvalue weighted by Gasteiger charge is 2.40. The standard InChI is InChI=1S/C12H10BrF3O2/c13-9-4-3-7(12(14,15)16)5-8(9)10(11(17)18)6-1-2-6/h3-6,10H,1-2H2,(H,17,18). The topological polar surface area (TPSA) is 37.3 Å². The molecule has 98 valence electrons. The van der Waals surface area contributed by atoms with Gasteiger partial charge in [-0.05, 0) is 42.5 Å². The van der Waals surface area contributed by atoms with Gasteiger partial charge < -0.3 is 5.11 Å². The lowest BCUT2D eigenvalue weighted by Gasteiger charge is -2.16. The quantitative estimate of drug-likeness (QED) is 0.911. The molecule has 0 spiro atoms. The molecule has 0 bridgehead atoms. The second kappa shape index (κ2) is 4.57. The first-order valence-corrected chi connectivity index (χ1v) is 6.19. The van der Waals surface area contributed by atoms with Gasteiger partial charge in [0.05, 0.1) is 11.5 Å². The van der Waals surface area contributed by atoms with Crippen LogP contribution < -0.4 is 0 Å². The molecule has 1 aromatic rings. The lowest BCUT2D eigenvalue weighted by Crippen LogP contribution is -2.16. The van der Waals surface area contributed by atoms with E-state index in [4.69, 9.17) is 5.11 Å². The summed E-state index contributed by atoms with van der Waals surface area (Å²) >= 11 is 3.13. The minimum absolute atomic E-state index is 0.0534. The van der Waals surface area contributed by atoms with E-state index in [9.17, 15) is 18.0 Å². The average Bonchev–Trinajstić information content (AvgIpc) is 3.03. The van der Waals surface area contributed by atoms with Crippen LogP contribution >= 0.6 is 15.9 Å². The Bertz CT molecular complexity index is 481. The Labute approximate surface area is 110 Å². The first kappa shape index (κ1) is 13.4. The normalized spacial score (nSPS) is 17.6. The molecule has 0 aromatic heterocycles. The fraction of sp³-hybridized carbons (Fsp3) is 0.417. The lowest BCUT2D eigenvalue weighted by atomic mass is 9.93. The number of rotatable bonds is 3. The van der Waals surface area contributed by atoms with Crippen molar-refractivity contribution in [1.82, 2.24) is 0 Å². The summed E-state index contributed by atoms with van der Waals surface area (Å²) in [4.78, 5) is 11.2. The van der Waals surface area contributed by atoms with Gasteiger partial charge in [-0.1, -0.05) is 15.9 Å². The minimum atomic E-state index is -4.46. The lowest BCUT2D eigenvalue weighted by molar-refractivity contribution is -0.140. The molecule has 1 unspecified atom stereocenters. The highest BCUT2D eigenvalue weighted by Crippen LogP contribution is 2.45. The number of alkyl halides is 3. The highest BCUT2D eigenvalue weighted by molar-refractivity contribution is 9.10. The fourth-order valence-corrected chi connectivity index (χ4v) is 2.47. The third-order valence-corrected chi connectivity index (χ3v) is 3.74. The SMILES string of the molecule is O=C(O)C(c1cc(C(F)(F)F)ccc1Br)C1CC1. The maximum atomic E-state index is 12.6. The summed E-state index contributed by atoms with van der Waals surface area (Å²) in [5, 5.41) is 9.15. The van der Waals surface area contributed by atoms with Gasteiger partial charge in [0.1, 0.15) is 0 Å². The summed E-state index contributed by atoms with van der Waals surface area (Å²) in [6.45, 7) is 0. The van der Waals surface area contributed by atoms with E-state index in [0.29, 0.717) is 4.47 Å². The second-order valence-corrected chi connectivity index (χ2v) is 5.24. The van der Waals surface area contributed by atoms with Gasteiger partial charge in [0.15, 0.2) is 0 Å². The largest absolute Gasteiger partial charge is 0.481 e. The predicted octanol–water partition coefficient (Wildman–Crippen LogP) is 4.05. The molecule has 1 N–H and O–H groups in total. The number of carboxylic acid groups (broad SMARTS) is 1. The van der Waals surface area contributed by atoms with Crippen LogP contribution in [0.15, 0.2) is 22.7 Å².